The third-order valence-corrected chi connectivity index (χ3v) is 3.04. The van der Waals surface area contributed by atoms with Gasteiger partial charge in [-0.15, -0.1) is 10.2 Å². The van der Waals surface area contributed by atoms with E-state index in [1.807, 2.05) is 0 Å². The first-order valence-electron chi connectivity index (χ1n) is 6.01. The third-order valence-electron chi connectivity index (χ3n) is 3.04. The van der Waals surface area contributed by atoms with Crippen LogP contribution in [0.5, 0.6) is 0 Å². The third kappa shape index (κ3) is 2.93. The molecule has 0 aliphatic carbocycles. The Morgan fingerprint density at radius 2 is 1.94 bits per heavy atom. The highest BCUT2D eigenvalue weighted by Crippen LogP contribution is 2.12. The molecule has 4 N–H and O–H groups in total. The monoisotopic (exact) mass is 250 g/mol. The van der Waals surface area contributed by atoms with Crippen molar-refractivity contribution < 1.29 is 4.79 Å². The van der Waals surface area contributed by atoms with E-state index in [0.717, 1.165) is 38.5 Å². The van der Waals surface area contributed by atoms with E-state index in [1.54, 1.807) is 12.1 Å². The Kier molecular flexibility index (Phi) is 4.06. The second-order valence-electron chi connectivity index (χ2n) is 4.26. The van der Waals surface area contributed by atoms with Gasteiger partial charge in [-0.25, -0.2) is 0 Å². The van der Waals surface area contributed by atoms with Crippen LogP contribution in [-0.4, -0.2) is 60.3 Å². The van der Waals surface area contributed by atoms with Crippen LogP contribution in [-0.2, 0) is 0 Å². The maximum atomic E-state index is 10.9. The number of aromatic nitrogens is 2. The van der Waals surface area contributed by atoms with Crippen molar-refractivity contribution in [2.24, 2.45) is 11.5 Å². The summed E-state index contributed by atoms with van der Waals surface area (Å²) in [5, 5.41) is 7.84. The Morgan fingerprint density at radius 3 is 2.44 bits per heavy atom. The van der Waals surface area contributed by atoms with Crippen LogP contribution in [0.4, 0.5) is 5.82 Å². The number of nitrogens with zero attached hydrogens (tertiary/aromatic N) is 4. The average Bonchev–Trinajstić information content (AvgIpc) is 2.40. The molecule has 1 saturated heterocycles. The Hall–Kier alpha value is -1.73. The van der Waals surface area contributed by atoms with Gasteiger partial charge < -0.3 is 16.4 Å². The maximum absolute atomic E-state index is 10.9. The summed E-state index contributed by atoms with van der Waals surface area (Å²) < 4.78 is 0. The molecule has 1 amide bonds. The van der Waals surface area contributed by atoms with E-state index >= 15 is 0 Å². The van der Waals surface area contributed by atoms with E-state index in [0.29, 0.717) is 6.54 Å². The van der Waals surface area contributed by atoms with E-state index in [-0.39, 0.29) is 5.69 Å². The van der Waals surface area contributed by atoms with Gasteiger partial charge in [-0.05, 0) is 12.1 Å². The first-order chi connectivity index (χ1) is 8.70. The molecule has 7 heteroatoms. The lowest BCUT2D eigenvalue weighted by atomic mass is 10.3. The first kappa shape index (κ1) is 12.7. The fourth-order valence-electron chi connectivity index (χ4n) is 2.01. The molecule has 0 saturated carbocycles. The molecule has 0 aromatic carbocycles. The van der Waals surface area contributed by atoms with E-state index in [9.17, 15) is 4.79 Å². The Morgan fingerprint density at radius 1 is 1.22 bits per heavy atom. The quantitative estimate of drug-likeness (QED) is 0.685. The number of carbonyl (C=O) groups is 1. The molecule has 98 valence electrons. The van der Waals surface area contributed by atoms with Gasteiger partial charge in [-0.2, -0.15) is 0 Å². The van der Waals surface area contributed by atoms with Crippen LogP contribution in [0.15, 0.2) is 12.1 Å². The summed E-state index contributed by atoms with van der Waals surface area (Å²) in [6.45, 7) is 5.34. The standard InChI is InChI=1S/C11H18N6O/c12-3-4-16-5-7-17(8-6-16)10-2-1-9(11(13)18)14-15-10/h1-2H,3-8,12H2,(H2,13,18). The molecule has 18 heavy (non-hydrogen) atoms. The van der Waals surface area contributed by atoms with E-state index < -0.39 is 5.91 Å². The number of hydrogen-bond donors (Lipinski definition) is 2. The molecular formula is C11H18N6O. The van der Waals surface area contributed by atoms with Crippen LogP contribution in [0.25, 0.3) is 0 Å². The topological polar surface area (TPSA) is 101 Å². The maximum Gasteiger partial charge on any atom is 0.269 e. The van der Waals surface area contributed by atoms with Crippen LogP contribution in [0.1, 0.15) is 10.5 Å². The summed E-state index contributed by atoms with van der Waals surface area (Å²) >= 11 is 0. The Bertz CT molecular complexity index is 398. The number of anilines is 1. The van der Waals surface area contributed by atoms with Crippen molar-refractivity contribution in [3.05, 3.63) is 17.8 Å². The summed E-state index contributed by atoms with van der Waals surface area (Å²) in [7, 11) is 0. The Balaban J connectivity index is 1.95. The van der Waals surface area contributed by atoms with Gasteiger partial charge >= 0.3 is 0 Å². The molecule has 0 bridgehead atoms. The molecule has 0 atom stereocenters. The molecule has 0 unspecified atom stereocenters. The molecular weight excluding hydrogens is 232 g/mol. The summed E-state index contributed by atoms with van der Waals surface area (Å²) in [6, 6.07) is 3.39. The lowest BCUT2D eigenvalue weighted by Crippen LogP contribution is -2.48. The zero-order chi connectivity index (χ0) is 13.0. The molecule has 0 spiro atoms. The van der Waals surface area contributed by atoms with Crippen molar-refractivity contribution in [1.29, 1.82) is 0 Å². The zero-order valence-corrected chi connectivity index (χ0v) is 10.2. The average molecular weight is 250 g/mol. The van der Waals surface area contributed by atoms with Crippen molar-refractivity contribution in [1.82, 2.24) is 15.1 Å². The van der Waals surface area contributed by atoms with Gasteiger partial charge in [-0.3, -0.25) is 9.69 Å². The van der Waals surface area contributed by atoms with Crippen LogP contribution >= 0.6 is 0 Å². The zero-order valence-electron chi connectivity index (χ0n) is 10.2. The van der Waals surface area contributed by atoms with Gasteiger partial charge in [0.05, 0.1) is 0 Å². The predicted octanol–water partition coefficient (Wildman–Crippen LogP) is -1.34. The van der Waals surface area contributed by atoms with Crippen LogP contribution in [0.3, 0.4) is 0 Å². The van der Waals surface area contributed by atoms with Gasteiger partial charge in [-0.1, -0.05) is 0 Å². The van der Waals surface area contributed by atoms with Gasteiger partial charge in [0, 0.05) is 39.3 Å². The predicted molar refractivity (Wildman–Crippen MR) is 68.3 cm³/mol. The number of nitrogens with two attached hydrogens (primary N) is 2. The van der Waals surface area contributed by atoms with E-state index in [1.165, 1.54) is 0 Å². The van der Waals surface area contributed by atoms with Gasteiger partial charge in [0.25, 0.3) is 5.91 Å². The molecule has 1 aliphatic rings. The highest BCUT2D eigenvalue weighted by Gasteiger charge is 2.17. The fraction of sp³-hybridized carbons (Fsp3) is 0.545. The lowest BCUT2D eigenvalue weighted by Gasteiger charge is -2.34. The van der Waals surface area contributed by atoms with Crippen LogP contribution in [0.2, 0.25) is 0 Å². The second kappa shape index (κ2) is 5.74. The minimum Gasteiger partial charge on any atom is -0.364 e. The molecule has 1 aromatic rings. The highest BCUT2D eigenvalue weighted by atomic mass is 16.1. The number of rotatable bonds is 4. The van der Waals surface area contributed by atoms with Crippen molar-refractivity contribution in [2.45, 2.75) is 0 Å². The molecule has 1 aromatic heterocycles. The van der Waals surface area contributed by atoms with Crippen molar-refractivity contribution in [3.8, 4) is 0 Å². The number of piperazine rings is 1. The second-order valence-corrected chi connectivity index (χ2v) is 4.26. The number of primary amides is 1. The highest BCUT2D eigenvalue weighted by molar-refractivity contribution is 5.90. The molecule has 2 rings (SSSR count). The number of hydrogen-bond acceptors (Lipinski definition) is 6. The smallest absolute Gasteiger partial charge is 0.269 e. The fourth-order valence-corrected chi connectivity index (χ4v) is 2.01. The SMILES string of the molecule is NCCN1CCN(c2ccc(C(N)=O)nn2)CC1. The summed E-state index contributed by atoms with van der Waals surface area (Å²) in [6.07, 6.45) is 0. The largest absolute Gasteiger partial charge is 0.364 e. The summed E-state index contributed by atoms with van der Waals surface area (Å²) in [5.74, 6) is 0.231. The molecule has 1 aliphatic heterocycles. The van der Waals surface area contributed by atoms with Gasteiger partial charge in [0.1, 0.15) is 0 Å². The molecule has 7 nitrogen and oxygen atoms in total. The van der Waals surface area contributed by atoms with Crippen molar-refractivity contribution >= 4 is 11.7 Å². The Labute approximate surface area is 106 Å². The van der Waals surface area contributed by atoms with Gasteiger partial charge in [0.15, 0.2) is 11.5 Å². The number of amides is 1. The minimum atomic E-state index is -0.554. The van der Waals surface area contributed by atoms with Crippen molar-refractivity contribution in [2.75, 3.05) is 44.2 Å². The molecule has 2 heterocycles. The normalized spacial score (nSPS) is 16.8. The molecule has 1 fully saturated rings. The lowest BCUT2D eigenvalue weighted by molar-refractivity contribution is 0.0994. The first-order valence-corrected chi connectivity index (χ1v) is 6.01. The van der Waals surface area contributed by atoms with E-state index in [4.69, 9.17) is 11.5 Å². The van der Waals surface area contributed by atoms with Crippen molar-refractivity contribution in [3.63, 3.8) is 0 Å². The van der Waals surface area contributed by atoms with E-state index in [2.05, 4.69) is 20.0 Å². The van der Waals surface area contributed by atoms with Gasteiger partial charge in [0.2, 0.25) is 0 Å². The summed E-state index contributed by atoms with van der Waals surface area (Å²) in [4.78, 5) is 15.4. The minimum absolute atomic E-state index is 0.195. The summed E-state index contributed by atoms with van der Waals surface area (Å²) in [5.41, 5.74) is 10.8. The number of carbonyl (C=O) groups excluding carboxylic acids is 1. The van der Waals surface area contributed by atoms with Crippen LogP contribution < -0.4 is 16.4 Å². The van der Waals surface area contributed by atoms with Crippen LogP contribution in [0, 0.1) is 0 Å². The molecule has 0 radical (unpaired) electrons.